The third-order valence-corrected chi connectivity index (χ3v) is 2.15. The molecular formula is C7H13IN4. The van der Waals surface area contributed by atoms with Gasteiger partial charge in [0.25, 0.3) is 0 Å². The standard InChI is InChI=1S/C7H13IN4/c1-3-4-6(2)5-7-9-11-12(8)10-7/h6H,3-5H2,1-2H3. The Balaban J connectivity index is 2.41. The van der Waals surface area contributed by atoms with Gasteiger partial charge in [0.05, 0.1) is 0 Å². The van der Waals surface area contributed by atoms with Gasteiger partial charge in [-0.2, -0.15) is 0 Å². The first kappa shape index (κ1) is 9.88. The summed E-state index contributed by atoms with van der Waals surface area (Å²) in [6.07, 6.45) is 3.40. The van der Waals surface area contributed by atoms with E-state index in [-0.39, 0.29) is 0 Å². The molecule has 0 aliphatic rings. The highest BCUT2D eigenvalue weighted by Gasteiger charge is 2.06. The first-order chi connectivity index (χ1) is 5.72. The summed E-state index contributed by atoms with van der Waals surface area (Å²) < 4.78 is 1.48. The Hall–Kier alpha value is -0.200. The molecule has 0 aliphatic carbocycles. The van der Waals surface area contributed by atoms with E-state index in [0.29, 0.717) is 5.92 Å². The van der Waals surface area contributed by atoms with E-state index in [9.17, 15) is 0 Å². The maximum Gasteiger partial charge on any atom is 0.175 e. The van der Waals surface area contributed by atoms with Crippen molar-refractivity contribution in [2.45, 2.75) is 33.1 Å². The molecule has 0 amide bonds. The van der Waals surface area contributed by atoms with Gasteiger partial charge in [-0.25, -0.2) is 0 Å². The summed E-state index contributed by atoms with van der Waals surface area (Å²) in [5.41, 5.74) is 0. The largest absolute Gasteiger partial charge is 0.175 e. The Morgan fingerprint density at radius 3 is 2.83 bits per heavy atom. The van der Waals surface area contributed by atoms with E-state index in [2.05, 4.69) is 29.3 Å². The lowest BCUT2D eigenvalue weighted by molar-refractivity contribution is 0.509. The number of hydrogen-bond donors (Lipinski definition) is 0. The van der Waals surface area contributed by atoms with Gasteiger partial charge in [0.2, 0.25) is 0 Å². The Morgan fingerprint density at radius 2 is 2.33 bits per heavy atom. The maximum absolute atomic E-state index is 4.11. The van der Waals surface area contributed by atoms with Crippen molar-refractivity contribution >= 4 is 22.9 Å². The van der Waals surface area contributed by atoms with Crippen LogP contribution in [0.5, 0.6) is 0 Å². The predicted molar refractivity (Wildman–Crippen MR) is 55.0 cm³/mol. The zero-order valence-corrected chi connectivity index (χ0v) is 9.52. The molecule has 0 aromatic carbocycles. The van der Waals surface area contributed by atoms with Crippen molar-refractivity contribution in [3.63, 3.8) is 0 Å². The molecule has 1 aromatic heterocycles. The van der Waals surface area contributed by atoms with Crippen molar-refractivity contribution in [3.05, 3.63) is 5.82 Å². The lowest BCUT2D eigenvalue weighted by atomic mass is 10.0. The molecule has 68 valence electrons. The van der Waals surface area contributed by atoms with Gasteiger partial charge in [-0.15, -0.1) is 13.2 Å². The minimum Gasteiger partial charge on any atom is -0.126 e. The lowest BCUT2D eigenvalue weighted by Gasteiger charge is -2.04. The minimum absolute atomic E-state index is 0.663. The Bertz CT molecular complexity index is 235. The van der Waals surface area contributed by atoms with E-state index in [1.54, 1.807) is 0 Å². The first-order valence-electron chi connectivity index (χ1n) is 4.17. The van der Waals surface area contributed by atoms with E-state index in [1.807, 2.05) is 22.9 Å². The molecule has 0 N–H and O–H groups in total. The molecule has 0 aliphatic heterocycles. The molecule has 12 heavy (non-hydrogen) atoms. The molecule has 1 aromatic rings. The topological polar surface area (TPSA) is 43.6 Å². The normalized spacial score (nSPS) is 13.2. The summed E-state index contributed by atoms with van der Waals surface area (Å²) in [5, 5.41) is 11.8. The quantitative estimate of drug-likeness (QED) is 0.790. The Kier molecular flexibility index (Phi) is 3.90. The molecule has 1 heterocycles. The number of hydrogen-bond acceptors (Lipinski definition) is 3. The summed E-state index contributed by atoms with van der Waals surface area (Å²) >= 11 is 2.00. The predicted octanol–water partition coefficient (Wildman–Crippen LogP) is 1.85. The molecule has 0 saturated heterocycles. The highest BCUT2D eigenvalue weighted by Crippen LogP contribution is 2.09. The van der Waals surface area contributed by atoms with Crippen molar-refractivity contribution in [3.8, 4) is 0 Å². The highest BCUT2D eigenvalue weighted by atomic mass is 127. The summed E-state index contributed by atoms with van der Waals surface area (Å²) in [5.74, 6) is 1.51. The van der Waals surface area contributed by atoms with Crippen LogP contribution in [0, 0.1) is 5.92 Å². The van der Waals surface area contributed by atoms with Crippen LogP contribution < -0.4 is 0 Å². The van der Waals surface area contributed by atoms with Crippen LogP contribution in [0.25, 0.3) is 0 Å². The molecule has 0 bridgehead atoms. The summed E-state index contributed by atoms with van der Waals surface area (Å²) in [7, 11) is 0. The lowest BCUT2D eigenvalue weighted by Crippen LogP contribution is -2.01. The van der Waals surface area contributed by atoms with Gasteiger partial charge in [0, 0.05) is 6.42 Å². The van der Waals surface area contributed by atoms with Crippen molar-refractivity contribution < 1.29 is 0 Å². The highest BCUT2D eigenvalue weighted by molar-refractivity contribution is 14.1. The number of nitrogens with zero attached hydrogens (tertiary/aromatic N) is 4. The van der Waals surface area contributed by atoms with Crippen LogP contribution in [0.3, 0.4) is 0 Å². The van der Waals surface area contributed by atoms with Crippen LogP contribution in [0.1, 0.15) is 32.5 Å². The third-order valence-electron chi connectivity index (χ3n) is 1.74. The smallest absolute Gasteiger partial charge is 0.126 e. The fraction of sp³-hybridized carbons (Fsp3) is 0.857. The third kappa shape index (κ3) is 3.04. The Morgan fingerprint density at radius 1 is 1.58 bits per heavy atom. The van der Waals surface area contributed by atoms with Crippen LogP contribution in [0.15, 0.2) is 0 Å². The SMILES string of the molecule is CCCC(C)Cc1nnn(I)n1. The molecule has 0 saturated carbocycles. The van der Waals surface area contributed by atoms with E-state index in [0.717, 1.165) is 12.2 Å². The van der Waals surface area contributed by atoms with Gasteiger partial charge in [-0.3, -0.25) is 0 Å². The fourth-order valence-electron chi connectivity index (χ4n) is 1.21. The number of aromatic nitrogens is 4. The van der Waals surface area contributed by atoms with Crippen LogP contribution in [-0.4, -0.2) is 18.4 Å². The molecule has 1 rings (SSSR count). The molecule has 5 heteroatoms. The average molecular weight is 280 g/mol. The molecule has 1 atom stereocenters. The van der Waals surface area contributed by atoms with Gasteiger partial charge in [-0.05, 0) is 11.1 Å². The van der Waals surface area contributed by atoms with Crippen LogP contribution in [0.4, 0.5) is 0 Å². The second-order valence-corrected chi connectivity index (χ2v) is 3.91. The molecule has 4 nitrogen and oxygen atoms in total. The van der Waals surface area contributed by atoms with E-state index >= 15 is 0 Å². The van der Waals surface area contributed by atoms with Crippen molar-refractivity contribution in [1.82, 2.24) is 18.4 Å². The maximum atomic E-state index is 4.11. The van der Waals surface area contributed by atoms with Crippen LogP contribution in [-0.2, 0) is 6.42 Å². The second kappa shape index (κ2) is 4.74. The van der Waals surface area contributed by atoms with Gasteiger partial charge < -0.3 is 0 Å². The van der Waals surface area contributed by atoms with Crippen LogP contribution in [0.2, 0.25) is 0 Å². The summed E-state index contributed by atoms with van der Waals surface area (Å²) in [4.78, 5) is 0. The first-order valence-corrected chi connectivity index (χ1v) is 5.14. The van der Waals surface area contributed by atoms with Crippen molar-refractivity contribution in [2.75, 3.05) is 0 Å². The number of tetrazole rings is 1. The van der Waals surface area contributed by atoms with E-state index in [4.69, 9.17) is 0 Å². The van der Waals surface area contributed by atoms with Gasteiger partial charge >= 0.3 is 0 Å². The number of halogens is 1. The summed E-state index contributed by atoms with van der Waals surface area (Å²) in [6.45, 7) is 4.41. The van der Waals surface area contributed by atoms with Crippen LogP contribution >= 0.6 is 22.9 Å². The molecule has 0 radical (unpaired) electrons. The van der Waals surface area contributed by atoms with Gasteiger partial charge in [0.15, 0.2) is 5.82 Å². The van der Waals surface area contributed by atoms with Crippen molar-refractivity contribution in [1.29, 1.82) is 0 Å². The minimum atomic E-state index is 0.663. The van der Waals surface area contributed by atoms with E-state index < -0.39 is 0 Å². The van der Waals surface area contributed by atoms with E-state index in [1.165, 1.54) is 15.9 Å². The fourth-order valence-corrected chi connectivity index (χ4v) is 1.56. The monoisotopic (exact) mass is 280 g/mol. The molecule has 0 fully saturated rings. The molecular weight excluding hydrogens is 267 g/mol. The zero-order valence-electron chi connectivity index (χ0n) is 7.37. The zero-order chi connectivity index (χ0) is 8.97. The summed E-state index contributed by atoms with van der Waals surface area (Å²) in [6, 6.07) is 0. The molecule has 1 unspecified atom stereocenters. The number of rotatable bonds is 4. The van der Waals surface area contributed by atoms with Gasteiger partial charge in [-0.1, -0.05) is 26.7 Å². The molecule has 0 spiro atoms. The van der Waals surface area contributed by atoms with Gasteiger partial charge in [0.1, 0.15) is 22.9 Å². The van der Waals surface area contributed by atoms with Crippen molar-refractivity contribution in [2.24, 2.45) is 5.92 Å². The average Bonchev–Trinajstić information content (AvgIpc) is 2.36. The Labute approximate surface area is 86.2 Å². The second-order valence-electron chi connectivity index (χ2n) is 3.04.